The van der Waals surface area contributed by atoms with Crippen LogP contribution in [-0.4, -0.2) is 19.0 Å². The van der Waals surface area contributed by atoms with Crippen LogP contribution < -0.4 is 5.32 Å². The van der Waals surface area contributed by atoms with E-state index >= 15 is 0 Å². The lowest BCUT2D eigenvalue weighted by molar-refractivity contribution is 0.0449. The van der Waals surface area contributed by atoms with E-state index in [1.165, 1.54) is 11.1 Å². The molecular formula is C20H20Cl2N2O. The zero-order valence-electron chi connectivity index (χ0n) is 13.9. The summed E-state index contributed by atoms with van der Waals surface area (Å²) >= 11 is 12.4. The van der Waals surface area contributed by atoms with Gasteiger partial charge in [0.1, 0.15) is 5.84 Å². The van der Waals surface area contributed by atoms with E-state index in [0.717, 1.165) is 44.0 Å². The molecule has 4 rings (SSSR count). The van der Waals surface area contributed by atoms with Crippen LogP contribution in [0.4, 0.5) is 5.69 Å². The largest absolute Gasteiger partial charge is 0.381 e. The zero-order chi connectivity index (χ0) is 17.3. The fourth-order valence-corrected chi connectivity index (χ4v) is 4.05. The monoisotopic (exact) mass is 374 g/mol. The lowest BCUT2D eigenvalue weighted by Gasteiger charge is -2.42. The van der Waals surface area contributed by atoms with Gasteiger partial charge in [-0.25, -0.2) is 0 Å². The summed E-state index contributed by atoms with van der Waals surface area (Å²) in [5.41, 5.74) is 3.42. The maximum absolute atomic E-state index is 6.24. The first-order valence-corrected chi connectivity index (χ1v) is 9.33. The highest BCUT2D eigenvalue weighted by atomic mass is 35.5. The quantitative estimate of drug-likeness (QED) is 0.767. The predicted octanol–water partition coefficient (Wildman–Crippen LogP) is 5.36. The maximum atomic E-state index is 6.24. The Labute approximate surface area is 158 Å². The first-order valence-electron chi connectivity index (χ1n) is 8.58. The number of fused-ring (bicyclic) bond motifs is 1. The number of hydrogen-bond donors (Lipinski definition) is 1. The maximum Gasteiger partial charge on any atom is 0.108 e. The molecule has 0 unspecified atom stereocenters. The molecule has 2 aromatic rings. The number of rotatable bonds is 2. The molecule has 1 saturated heterocycles. The van der Waals surface area contributed by atoms with Crippen LogP contribution in [0.1, 0.15) is 24.0 Å². The first kappa shape index (κ1) is 16.9. The number of amidine groups is 1. The second kappa shape index (κ2) is 6.99. The summed E-state index contributed by atoms with van der Waals surface area (Å²) in [4.78, 5) is 4.96. The average molecular weight is 375 g/mol. The van der Waals surface area contributed by atoms with Crippen LogP contribution in [0.5, 0.6) is 0 Å². The molecule has 5 heteroatoms. The van der Waals surface area contributed by atoms with Crippen LogP contribution in [0.2, 0.25) is 10.0 Å². The number of benzene rings is 2. The van der Waals surface area contributed by atoms with Gasteiger partial charge in [0.05, 0.1) is 16.6 Å². The molecule has 0 amide bonds. The average Bonchev–Trinajstić information content (AvgIpc) is 2.63. The summed E-state index contributed by atoms with van der Waals surface area (Å²) in [6.45, 7) is 2.20. The van der Waals surface area contributed by atoms with Crippen LogP contribution in [-0.2, 0) is 17.7 Å². The van der Waals surface area contributed by atoms with Gasteiger partial charge in [0, 0.05) is 24.3 Å². The molecule has 0 aromatic heterocycles. The Morgan fingerprint density at radius 2 is 1.76 bits per heavy atom. The molecular weight excluding hydrogens is 355 g/mol. The second-order valence-electron chi connectivity index (χ2n) is 6.77. The molecule has 2 aliphatic heterocycles. The molecule has 0 aliphatic carbocycles. The Kier molecular flexibility index (Phi) is 4.72. The van der Waals surface area contributed by atoms with Crippen molar-refractivity contribution in [3.8, 4) is 0 Å². The van der Waals surface area contributed by atoms with Crippen molar-refractivity contribution in [3.63, 3.8) is 0 Å². The molecule has 2 aliphatic rings. The molecule has 1 spiro atoms. The molecule has 130 valence electrons. The van der Waals surface area contributed by atoms with Gasteiger partial charge in [0.15, 0.2) is 0 Å². The van der Waals surface area contributed by atoms with E-state index in [2.05, 4.69) is 17.4 Å². The molecule has 1 fully saturated rings. The van der Waals surface area contributed by atoms with Crippen LogP contribution in [0.15, 0.2) is 47.5 Å². The van der Waals surface area contributed by atoms with Gasteiger partial charge >= 0.3 is 0 Å². The summed E-state index contributed by atoms with van der Waals surface area (Å²) < 4.78 is 5.61. The van der Waals surface area contributed by atoms with E-state index in [9.17, 15) is 0 Å². The highest BCUT2D eigenvalue weighted by molar-refractivity contribution is 6.42. The molecule has 0 bridgehead atoms. The number of halogens is 2. The third-order valence-corrected chi connectivity index (χ3v) is 5.86. The van der Waals surface area contributed by atoms with E-state index in [-0.39, 0.29) is 5.41 Å². The smallest absolute Gasteiger partial charge is 0.108 e. The number of ether oxygens (including phenoxy) is 1. The minimum Gasteiger partial charge on any atom is -0.381 e. The highest BCUT2D eigenvalue weighted by Crippen LogP contribution is 2.43. The zero-order valence-corrected chi connectivity index (χ0v) is 15.4. The van der Waals surface area contributed by atoms with Gasteiger partial charge in [-0.05, 0) is 42.5 Å². The third-order valence-electron chi connectivity index (χ3n) is 5.14. The molecule has 0 saturated carbocycles. The van der Waals surface area contributed by atoms with E-state index in [1.54, 1.807) is 0 Å². The lowest BCUT2D eigenvalue weighted by atomic mass is 9.71. The van der Waals surface area contributed by atoms with Gasteiger partial charge in [-0.1, -0.05) is 53.5 Å². The van der Waals surface area contributed by atoms with Crippen LogP contribution >= 0.6 is 23.2 Å². The summed E-state index contributed by atoms with van der Waals surface area (Å²) in [5.74, 6) is 1.05. The summed E-state index contributed by atoms with van der Waals surface area (Å²) in [5, 5.41) is 4.72. The van der Waals surface area contributed by atoms with Crippen molar-refractivity contribution in [2.24, 2.45) is 10.4 Å². The standard InChI is InChI=1S/C20H20Cl2N2O/c21-16-10-15-12-20(6-8-25-9-7-20)19(24-18(15)11-17(16)22)23-13-14-4-2-1-3-5-14/h1-5,10-11H,6-9,12-13H2,(H,23,24). The molecule has 0 radical (unpaired) electrons. The third kappa shape index (κ3) is 3.41. The Bertz CT molecular complexity index is 799. The van der Waals surface area contributed by atoms with Crippen LogP contribution in [0.3, 0.4) is 0 Å². The van der Waals surface area contributed by atoms with Crippen molar-refractivity contribution in [1.29, 1.82) is 0 Å². The molecule has 1 N–H and O–H groups in total. The molecule has 2 heterocycles. The molecule has 3 nitrogen and oxygen atoms in total. The van der Waals surface area contributed by atoms with Crippen molar-refractivity contribution in [2.75, 3.05) is 18.5 Å². The molecule has 2 aromatic carbocycles. The number of nitrogens with zero attached hydrogens (tertiary/aromatic N) is 1. The number of nitrogens with one attached hydrogen (secondary N) is 1. The summed E-state index contributed by atoms with van der Waals surface area (Å²) in [6.07, 6.45) is 2.85. The molecule has 25 heavy (non-hydrogen) atoms. The van der Waals surface area contributed by atoms with Gasteiger partial charge < -0.3 is 10.1 Å². The normalized spacial score (nSPS) is 20.3. The predicted molar refractivity (Wildman–Crippen MR) is 104 cm³/mol. The number of hydrogen-bond acceptors (Lipinski definition) is 2. The minimum absolute atomic E-state index is 0.00279. The fourth-order valence-electron chi connectivity index (χ4n) is 3.70. The first-order chi connectivity index (χ1) is 12.2. The van der Waals surface area contributed by atoms with E-state index in [0.29, 0.717) is 16.6 Å². The van der Waals surface area contributed by atoms with Gasteiger partial charge in [-0.15, -0.1) is 0 Å². The topological polar surface area (TPSA) is 33.6 Å². The van der Waals surface area contributed by atoms with Gasteiger partial charge in [-0.2, -0.15) is 0 Å². The SMILES string of the molecule is Clc1cc2c(cc1Cl)NC(=NCc1ccccc1)C1(CCOCC1)C2. The van der Waals surface area contributed by atoms with Crippen LogP contribution in [0, 0.1) is 5.41 Å². The van der Waals surface area contributed by atoms with Crippen molar-refractivity contribution in [2.45, 2.75) is 25.8 Å². The van der Waals surface area contributed by atoms with E-state index in [4.69, 9.17) is 32.9 Å². The van der Waals surface area contributed by atoms with Gasteiger partial charge in [0.2, 0.25) is 0 Å². The number of anilines is 1. The second-order valence-corrected chi connectivity index (χ2v) is 7.58. The Morgan fingerprint density at radius 3 is 2.52 bits per heavy atom. The van der Waals surface area contributed by atoms with E-state index in [1.807, 2.05) is 30.3 Å². The number of aliphatic imine (C=N–C) groups is 1. The lowest BCUT2D eigenvalue weighted by Crippen LogP contribution is -2.45. The summed E-state index contributed by atoms with van der Waals surface area (Å²) in [7, 11) is 0. The van der Waals surface area contributed by atoms with Crippen LogP contribution in [0.25, 0.3) is 0 Å². The van der Waals surface area contributed by atoms with Crippen molar-refractivity contribution >= 4 is 34.7 Å². The Hall–Kier alpha value is -1.55. The molecule has 0 atom stereocenters. The Balaban J connectivity index is 1.70. The fraction of sp³-hybridized carbons (Fsp3) is 0.350. The van der Waals surface area contributed by atoms with Gasteiger partial charge in [0.25, 0.3) is 0 Å². The summed E-state index contributed by atoms with van der Waals surface area (Å²) in [6, 6.07) is 14.2. The van der Waals surface area contributed by atoms with Crippen molar-refractivity contribution < 1.29 is 4.74 Å². The minimum atomic E-state index is -0.00279. The van der Waals surface area contributed by atoms with Crippen molar-refractivity contribution in [1.82, 2.24) is 0 Å². The van der Waals surface area contributed by atoms with Crippen molar-refractivity contribution in [3.05, 3.63) is 63.6 Å². The Morgan fingerprint density at radius 1 is 1.04 bits per heavy atom. The van der Waals surface area contributed by atoms with Gasteiger partial charge in [-0.3, -0.25) is 4.99 Å². The highest BCUT2D eigenvalue weighted by Gasteiger charge is 2.41. The van der Waals surface area contributed by atoms with E-state index < -0.39 is 0 Å².